The van der Waals surface area contributed by atoms with E-state index in [0.717, 1.165) is 21.6 Å². The molecular formula is C17H18BClO3. The molecule has 0 aliphatic carbocycles. The molecule has 0 unspecified atom stereocenters. The number of rotatable bonds is 4. The highest BCUT2D eigenvalue weighted by Gasteiger charge is 2.29. The Morgan fingerprint density at radius 3 is 2.09 bits per heavy atom. The molecule has 0 spiro atoms. The van der Waals surface area contributed by atoms with Gasteiger partial charge in [-0.05, 0) is 35.6 Å². The molecule has 0 radical (unpaired) electrons. The zero-order valence-corrected chi connectivity index (χ0v) is 13.3. The molecule has 0 atom stereocenters. The van der Waals surface area contributed by atoms with E-state index >= 15 is 0 Å². The molecule has 1 fully saturated rings. The number of halogens is 1. The Kier molecular flexibility index (Phi) is 5.16. The molecule has 0 aromatic heterocycles. The van der Waals surface area contributed by atoms with Crippen LogP contribution in [0.4, 0.5) is 0 Å². The number of benzene rings is 2. The van der Waals surface area contributed by atoms with Crippen molar-refractivity contribution in [2.75, 3.05) is 19.8 Å². The molecule has 1 heterocycles. The van der Waals surface area contributed by atoms with E-state index in [0.29, 0.717) is 19.8 Å². The second-order valence-electron chi connectivity index (χ2n) is 5.20. The third kappa shape index (κ3) is 3.71. The summed E-state index contributed by atoms with van der Waals surface area (Å²) in [5.41, 5.74) is 3.30. The summed E-state index contributed by atoms with van der Waals surface area (Å²) < 4.78 is 16.9. The lowest BCUT2D eigenvalue weighted by atomic mass is 9.77. The quantitative estimate of drug-likeness (QED) is 0.811. The van der Waals surface area contributed by atoms with Crippen LogP contribution in [0.15, 0.2) is 48.5 Å². The summed E-state index contributed by atoms with van der Waals surface area (Å²) >= 11 is 5.92. The van der Waals surface area contributed by atoms with Gasteiger partial charge in [-0.15, -0.1) is 0 Å². The van der Waals surface area contributed by atoms with Gasteiger partial charge in [-0.3, -0.25) is 0 Å². The molecule has 1 aliphatic rings. The lowest BCUT2D eigenvalue weighted by Crippen LogP contribution is -2.47. The predicted molar refractivity (Wildman–Crippen MR) is 89.6 cm³/mol. The zero-order chi connectivity index (χ0) is 15.4. The van der Waals surface area contributed by atoms with E-state index in [1.54, 1.807) is 0 Å². The molecule has 0 N–H and O–H groups in total. The van der Waals surface area contributed by atoms with Crippen molar-refractivity contribution in [3.05, 3.63) is 53.6 Å². The topological polar surface area (TPSA) is 27.7 Å². The summed E-state index contributed by atoms with van der Waals surface area (Å²) in [6, 6.07) is 16.0. The molecule has 5 heteroatoms. The third-order valence-corrected chi connectivity index (χ3v) is 3.88. The molecule has 0 bridgehead atoms. The average Bonchev–Trinajstić information content (AvgIpc) is 2.57. The summed E-state index contributed by atoms with van der Waals surface area (Å²) in [6.45, 7) is 3.79. The standard InChI is InChI=1S/C17H18BClO3/c1-2-20-17-11-21-18(22-12-17)15-7-3-13(4-8-15)14-5-9-16(19)10-6-14/h3-10,17H,2,11-12H2,1H3. The van der Waals surface area contributed by atoms with Crippen molar-refractivity contribution < 1.29 is 14.0 Å². The maximum atomic E-state index is 5.92. The van der Waals surface area contributed by atoms with Crippen LogP contribution in [0.1, 0.15) is 6.92 Å². The first kappa shape index (κ1) is 15.6. The van der Waals surface area contributed by atoms with Gasteiger partial charge in [-0.2, -0.15) is 0 Å². The fourth-order valence-electron chi connectivity index (χ4n) is 2.49. The molecule has 0 amide bonds. The highest BCUT2D eigenvalue weighted by molar-refractivity contribution is 6.61. The molecular weight excluding hydrogens is 298 g/mol. The van der Waals surface area contributed by atoms with Crippen LogP contribution < -0.4 is 5.46 Å². The Bertz CT molecular complexity index is 592. The fourth-order valence-corrected chi connectivity index (χ4v) is 2.61. The Balaban J connectivity index is 1.66. The van der Waals surface area contributed by atoms with E-state index in [1.165, 1.54) is 0 Å². The van der Waals surface area contributed by atoms with Crippen molar-refractivity contribution in [3.8, 4) is 11.1 Å². The summed E-state index contributed by atoms with van der Waals surface area (Å²) in [4.78, 5) is 0. The average molecular weight is 317 g/mol. The number of hydrogen-bond donors (Lipinski definition) is 0. The summed E-state index contributed by atoms with van der Waals surface area (Å²) in [6.07, 6.45) is 0.0367. The molecule has 2 aromatic carbocycles. The minimum absolute atomic E-state index is 0.0367. The van der Waals surface area contributed by atoms with Crippen LogP contribution in [0.3, 0.4) is 0 Å². The van der Waals surface area contributed by atoms with E-state index in [-0.39, 0.29) is 13.2 Å². The van der Waals surface area contributed by atoms with Crippen LogP contribution >= 0.6 is 11.6 Å². The minimum Gasteiger partial charge on any atom is -0.404 e. The molecule has 22 heavy (non-hydrogen) atoms. The Hall–Kier alpha value is -1.33. The molecule has 3 nitrogen and oxygen atoms in total. The molecule has 3 rings (SSSR count). The molecule has 2 aromatic rings. The second kappa shape index (κ2) is 7.29. The van der Waals surface area contributed by atoms with E-state index < -0.39 is 0 Å². The molecule has 1 aliphatic heterocycles. The maximum absolute atomic E-state index is 5.92. The van der Waals surface area contributed by atoms with Gasteiger partial charge in [0.15, 0.2) is 0 Å². The normalized spacial score (nSPS) is 16.0. The van der Waals surface area contributed by atoms with Crippen molar-refractivity contribution >= 4 is 24.2 Å². The van der Waals surface area contributed by atoms with Gasteiger partial charge in [-0.25, -0.2) is 0 Å². The fraction of sp³-hybridized carbons (Fsp3) is 0.294. The van der Waals surface area contributed by atoms with Crippen molar-refractivity contribution in [1.29, 1.82) is 0 Å². The van der Waals surface area contributed by atoms with Gasteiger partial charge >= 0.3 is 7.12 Å². The Morgan fingerprint density at radius 2 is 1.55 bits per heavy atom. The van der Waals surface area contributed by atoms with Crippen LogP contribution in [-0.4, -0.2) is 33.0 Å². The maximum Gasteiger partial charge on any atom is 0.494 e. The second-order valence-corrected chi connectivity index (χ2v) is 5.64. The van der Waals surface area contributed by atoms with E-state index in [4.69, 9.17) is 25.6 Å². The molecule has 0 saturated carbocycles. The lowest BCUT2D eigenvalue weighted by Gasteiger charge is -2.27. The van der Waals surface area contributed by atoms with Crippen LogP contribution in [0.25, 0.3) is 11.1 Å². The van der Waals surface area contributed by atoms with Crippen molar-refractivity contribution in [3.63, 3.8) is 0 Å². The first-order chi connectivity index (χ1) is 10.8. The van der Waals surface area contributed by atoms with E-state index in [1.807, 2.05) is 43.3 Å². The number of ether oxygens (including phenoxy) is 1. The highest BCUT2D eigenvalue weighted by Crippen LogP contribution is 2.20. The first-order valence-corrected chi connectivity index (χ1v) is 7.85. The van der Waals surface area contributed by atoms with Gasteiger partial charge in [0.25, 0.3) is 0 Å². The van der Waals surface area contributed by atoms with Crippen LogP contribution in [0.2, 0.25) is 5.02 Å². The van der Waals surface area contributed by atoms with E-state index in [9.17, 15) is 0 Å². The highest BCUT2D eigenvalue weighted by atomic mass is 35.5. The van der Waals surface area contributed by atoms with Crippen molar-refractivity contribution in [1.82, 2.24) is 0 Å². The van der Waals surface area contributed by atoms with Crippen LogP contribution in [0.5, 0.6) is 0 Å². The number of hydrogen-bond acceptors (Lipinski definition) is 3. The summed E-state index contributed by atoms with van der Waals surface area (Å²) in [5.74, 6) is 0. The SMILES string of the molecule is CCOC1COB(c2ccc(-c3ccc(Cl)cc3)cc2)OC1. The Morgan fingerprint density at radius 1 is 1.00 bits per heavy atom. The lowest BCUT2D eigenvalue weighted by molar-refractivity contribution is -0.0376. The first-order valence-electron chi connectivity index (χ1n) is 7.47. The monoisotopic (exact) mass is 316 g/mol. The summed E-state index contributed by atoms with van der Waals surface area (Å²) in [7, 11) is -0.309. The predicted octanol–water partition coefficient (Wildman–Crippen LogP) is 3.15. The van der Waals surface area contributed by atoms with Crippen molar-refractivity contribution in [2.45, 2.75) is 13.0 Å². The van der Waals surface area contributed by atoms with Gasteiger partial charge in [0.1, 0.15) is 6.10 Å². The van der Waals surface area contributed by atoms with Crippen molar-refractivity contribution in [2.24, 2.45) is 0 Å². The third-order valence-electron chi connectivity index (χ3n) is 3.63. The van der Waals surface area contributed by atoms with E-state index in [2.05, 4.69) is 12.1 Å². The minimum atomic E-state index is -0.309. The smallest absolute Gasteiger partial charge is 0.404 e. The molecule has 1 saturated heterocycles. The largest absolute Gasteiger partial charge is 0.494 e. The van der Waals surface area contributed by atoms with Gasteiger partial charge in [0.05, 0.1) is 13.2 Å². The zero-order valence-electron chi connectivity index (χ0n) is 12.5. The summed E-state index contributed by atoms with van der Waals surface area (Å²) in [5, 5.41) is 0.744. The van der Waals surface area contributed by atoms with Gasteiger partial charge in [-0.1, -0.05) is 48.0 Å². The molecule has 114 valence electrons. The van der Waals surface area contributed by atoms with Crippen LogP contribution in [-0.2, 0) is 14.0 Å². The van der Waals surface area contributed by atoms with Crippen LogP contribution in [0, 0.1) is 0 Å². The van der Waals surface area contributed by atoms with Gasteiger partial charge in [0, 0.05) is 11.6 Å². The van der Waals surface area contributed by atoms with Gasteiger partial charge < -0.3 is 14.0 Å². The Labute approximate surface area is 136 Å². The van der Waals surface area contributed by atoms with Gasteiger partial charge in [0.2, 0.25) is 0 Å².